The summed E-state index contributed by atoms with van der Waals surface area (Å²) in [5.74, 6) is 1.13. The average molecular weight is 346 g/mol. The van der Waals surface area contributed by atoms with Crippen LogP contribution in [0.1, 0.15) is 28.8 Å². The minimum atomic E-state index is -0.849. The summed E-state index contributed by atoms with van der Waals surface area (Å²) in [6, 6.07) is 19.4. The van der Waals surface area contributed by atoms with Gasteiger partial charge in [0, 0.05) is 11.6 Å². The van der Waals surface area contributed by atoms with Gasteiger partial charge in [-0.15, -0.1) is 10.2 Å². The molecule has 0 aliphatic heterocycles. The second-order valence-electron chi connectivity index (χ2n) is 6.17. The van der Waals surface area contributed by atoms with E-state index in [4.69, 9.17) is 4.52 Å². The molecule has 4 aromatic rings. The highest BCUT2D eigenvalue weighted by Gasteiger charge is 2.18. The summed E-state index contributed by atoms with van der Waals surface area (Å²) in [5.41, 5.74) is 3.73. The number of aromatic nitrogens is 4. The molecule has 4 rings (SSSR count). The number of aliphatic hydroxyl groups is 1. The largest absolute Gasteiger partial charge is 0.380 e. The van der Waals surface area contributed by atoms with Crippen LogP contribution in [0, 0.1) is 6.92 Å². The number of rotatable bonds is 5. The van der Waals surface area contributed by atoms with Gasteiger partial charge in [-0.05, 0) is 12.5 Å². The molecule has 0 unspecified atom stereocenters. The van der Waals surface area contributed by atoms with E-state index < -0.39 is 6.10 Å². The van der Waals surface area contributed by atoms with Crippen molar-refractivity contribution in [1.82, 2.24) is 19.9 Å². The second kappa shape index (κ2) is 6.93. The lowest BCUT2D eigenvalue weighted by molar-refractivity contribution is 0.204. The van der Waals surface area contributed by atoms with Crippen LogP contribution in [-0.4, -0.2) is 25.0 Å². The molecule has 130 valence electrons. The highest BCUT2D eigenvalue weighted by Crippen LogP contribution is 2.23. The quantitative estimate of drug-likeness (QED) is 0.599. The number of aryl methyl sites for hydroxylation is 1. The van der Waals surface area contributed by atoms with Gasteiger partial charge in [-0.25, -0.2) is 0 Å². The van der Waals surface area contributed by atoms with Gasteiger partial charge in [0.25, 0.3) is 0 Å². The van der Waals surface area contributed by atoms with Gasteiger partial charge in [-0.1, -0.05) is 65.3 Å². The van der Waals surface area contributed by atoms with E-state index in [0.717, 1.165) is 16.8 Å². The first-order valence-corrected chi connectivity index (χ1v) is 8.34. The fourth-order valence-electron chi connectivity index (χ4n) is 2.80. The van der Waals surface area contributed by atoms with Crippen molar-refractivity contribution in [3.63, 3.8) is 0 Å². The lowest BCUT2D eigenvalue weighted by atomic mass is 10.1. The average Bonchev–Trinajstić information content (AvgIpc) is 3.33. The van der Waals surface area contributed by atoms with Crippen molar-refractivity contribution in [3.05, 3.63) is 89.7 Å². The lowest BCUT2D eigenvalue weighted by Crippen LogP contribution is -2.10. The Morgan fingerprint density at radius 1 is 1.08 bits per heavy atom. The Bertz CT molecular complexity index is 990. The van der Waals surface area contributed by atoms with Crippen molar-refractivity contribution >= 4 is 0 Å². The number of hydrogen-bond donors (Lipinski definition) is 1. The molecule has 0 aliphatic rings. The minimum absolute atomic E-state index is 0.394. The van der Waals surface area contributed by atoms with Crippen molar-refractivity contribution in [2.45, 2.75) is 19.6 Å². The fraction of sp³-hybridized carbons (Fsp3) is 0.150. The Kier molecular flexibility index (Phi) is 4.33. The van der Waals surface area contributed by atoms with Crippen molar-refractivity contribution in [2.75, 3.05) is 0 Å². The van der Waals surface area contributed by atoms with Crippen LogP contribution in [0.2, 0.25) is 0 Å². The standard InChI is InChI=1S/C20H18N4O2/c1-14-7-9-15(10-8-14)18-11-17(26-23-18)12-24-13-21-22-20(24)19(25)16-5-3-2-4-6-16/h2-11,13,19,25H,12H2,1H3/t19-/m1/s1. The van der Waals surface area contributed by atoms with Crippen molar-refractivity contribution in [2.24, 2.45) is 0 Å². The molecule has 0 spiro atoms. The molecule has 0 saturated carbocycles. The molecule has 0 saturated heterocycles. The third kappa shape index (κ3) is 3.27. The molecule has 0 radical (unpaired) electrons. The first kappa shape index (κ1) is 16.2. The molecule has 2 aromatic carbocycles. The maximum Gasteiger partial charge on any atom is 0.166 e. The van der Waals surface area contributed by atoms with E-state index in [9.17, 15) is 5.11 Å². The highest BCUT2D eigenvalue weighted by molar-refractivity contribution is 5.59. The number of benzene rings is 2. The van der Waals surface area contributed by atoms with Crippen molar-refractivity contribution in [1.29, 1.82) is 0 Å². The number of aliphatic hydroxyl groups excluding tert-OH is 1. The van der Waals surface area contributed by atoms with E-state index in [-0.39, 0.29) is 0 Å². The van der Waals surface area contributed by atoms with E-state index in [1.54, 1.807) is 10.9 Å². The Hall–Kier alpha value is -3.25. The summed E-state index contributed by atoms with van der Waals surface area (Å²) < 4.78 is 7.22. The molecule has 1 N–H and O–H groups in total. The third-order valence-electron chi connectivity index (χ3n) is 4.24. The van der Waals surface area contributed by atoms with E-state index in [0.29, 0.717) is 18.1 Å². The molecule has 6 nitrogen and oxygen atoms in total. The zero-order valence-corrected chi connectivity index (χ0v) is 14.3. The number of hydrogen-bond acceptors (Lipinski definition) is 5. The molecular weight excluding hydrogens is 328 g/mol. The zero-order chi connectivity index (χ0) is 17.9. The predicted octanol–water partition coefficient (Wildman–Crippen LogP) is 3.37. The Balaban J connectivity index is 1.56. The van der Waals surface area contributed by atoms with Crippen LogP contribution < -0.4 is 0 Å². The van der Waals surface area contributed by atoms with Gasteiger partial charge >= 0.3 is 0 Å². The summed E-state index contributed by atoms with van der Waals surface area (Å²) in [6.07, 6.45) is 0.730. The topological polar surface area (TPSA) is 77.0 Å². The fourth-order valence-corrected chi connectivity index (χ4v) is 2.80. The van der Waals surface area contributed by atoms with Crippen LogP contribution in [-0.2, 0) is 6.54 Å². The third-order valence-corrected chi connectivity index (χ3v) is 4.24. The molecule has 0 bridgehead atoms. The van der Waals surface area contributed by atoms with Crippen LogP contribution in [0.3, 0.4) is 0 Å². The minimum Gasteiger partial charge on any atom is -0.380 e. The maximum atomic E-state index is 10.6. The Morgan fingerprint density at radius 2 is 1.85 bits per heavy atom. The first-order chi connectivity index (χ1) is 12.7. The molecule has 2 aromatic heterocycles. The van der Waals surface area contributed by atoms with Crippen LogP contribution in [0.5, 0.6) is 0 Å². The van der Waals surface area contributed by atoms with Gasteiger partial charge in [-0.3, -0.25) is 0 Å². The molecule has 2 heterocycles. The van der Waals surface area contributed by atoms with Crippen molar-refractivity contribution < 1.29 is 9.63 Å². The molecule has 0 amide bonds. The van der Waals surface area contributed by atoms with Gasteiger partial charge in [-0.2, -0.15) is 0 Å². The van der Waals surface area contributed by atoms with E-state index in [1.807, 2.05) is 67.6 Å². The summed E-state index contributed by atoms with van der Waals surface area (Å²) in [4.78, 5) is 0. The second-order valence-corrected chi connectivity index (χ2v) is 6.17. The molecular formula is C20H18N4O2. The van der Waals surface area contributed by atoms with E-state index >= 15 is 0 Å². The summed E-state index contributed by atoms with van der Waals surface area (Å²) in [5, 5.41) is 22.7. The maximum absolute atomic E-state index is 10.6. The molecule has 1 atom stereocenters. The molecule has 0 aliphatic carbocycles. The lowest BCUT2D eigenvalue weighted by Gasteiger charge is -2.11. The van der Waals surface area contributed by atoms with Crippen LogP contribution in [0.4, 0.5) is 0 Å². The first-order valence-electron chi connectivity index (χ1n) is 8.34. The van der Waals surface area contributed by atoms with Crippen molar-refractivity contribution in [3.8, 4) is 11.3 Å². The molecule has 6 heteroatoms. The van der Waals surface area contributed by atoms with Crippen LogP contribution >= 0.6 is 0 Å². The zero-order valence-electron chi connectivity index (χ0n) is 14.3. The highest BCUT2D eigenvalue weighted by atomic mass is 16.5. The predicted molar refractivity (Wildman–Crippen MR) is 96.3 cm³/mol. The summed E-state index contributed by atoms with van der Waals surface area (Å²) >= 11 is 0. The van der Waals surface area contributed by atoms with Gasteiger partial charge < -0.3 is 14.2 Å². The van der Waals surface area contributed by atoms with Gasteiger partial charge in [0.05, 0.1) is 6.54 Å². The van der Waals surface area contributed by atoms with E-state index in [1.165, 1.54) is 5.56 Å². The van der Waals surface area contributed by atoms with Gasteiger partial charge in [0.15, 0.2) is 11.6 Å². The smallest absolute Gasteiger partial charge is 0.166 e. The number of nitrogens with zero attached hydrogens (tertiary/aromatic N) is 4. The molecule has 0 fully saturated rings. The van der Waals surface area contributed by atoms with Gasteiger partial charge in [0.2, 0.25) is 0 Å². The Morgan fingerprint density at radius 3 is 2.62 bits per heavy atom. The monoisotopic (exact) mass is 346 g/mol. The van der Waals surface area contributed by atoms with E-state index in [2.05, 4.69) is 15.4 Å². The van der Waals surface area contributed by atoms with Gasteiger partial charge in [0.1, 0.15) is 18.1 Å². The summed E-state index contributed by atoms with van der Waals surface area (Å²) in [6.45, 7) is 2.44. The SMILES string of the molecule is Cc1ccc(-c2cc(Cn3cnnc3[C@H](O)c3ccccc3)on2)cc1. The summed E-state index contributed by atoms with van der Waals surface area (Å²) in [7, 11) is 0. The normalized spacial score (nSPS) is 12.2. The van der Waals surface area contributed by atoms with Crippen LogP contribution in [0.25, 0.3) is 11.3 Å². The van der Waals surface area contributed by atoms with Crippen LogP contribution in [0.15, 0.2) is 71.5 Å². The Labute approximate surface area is 150 Å². The molecule has 26 heavy (non-hydrogen) atoms.